The molecule has 1 atom stereocenters. The lowest BCUT2D eigenvalue weighted by Gasteiger charge is -2.06. The van der Waals surface area contributed by atoms with Crippen LogP contribution in [0.4, 0.5) is 0 Å². The van der Waals surface area contributed by atoms with E-state index >= 15 is 0 Å². The number of hydrogen-bond donors (Lipinski definition) is 2. The van der Waals surface area contributed by atoms with Crippen molar-refractivity contribution in [3.8, 4) is 0 Å². The van der Waals surface area contributed by atoms with E-state index in [1.54, 1.807) is 7.05 Å². The second-order valence-corrected chi connectivity index (χ2v) is 2.29. The van der Waals surface area contributed by atoms with E-state index in [1.807, 2.05) is 6.92 Å². The molecule has 0 spiro atoms. The quantitative estimate of drug-likeness (QED) is 0.569. The molecule has 10 heavy (non-hydrogen) atoms. The van der Waals surface area contributed by atoms with Gasteiger partial charge in [0, 0.05) is 13.0 Å². The molecular formula is C7H15NO2. The number of carbonyl (C=O) groups is 1. The molecule has 0 bridgehead atoms. The Morgan fingerprint density at radius 2 is 2.30 bits per heavy atom. The Balaban J connectivity index is 3.49. The third kappa shape index (κ3) is 3.58. The van der Waals surface area contributed by atoms with Crippen LogP contribution < -0.4 is 5.32 Å². The van der Waals surface area contributed by atoms with Crippen LogP contribution in [0.3, 0.4) is 0 Å². The van der Waals surface area contributed by atoms with Crippen molar-refractivity contribution in [2.75, 3.05) is 13.6 Å². The molecule has 0 radical (unpaired) electrons. The highest BCUT2D eigenvalue weighted by molar-refractivity contribution is 5.82. The van der Waals surface area contributed by atoms with Crippen LogP contribution >= 0.6 is 0 Å². The van der Waals surface area contributed by atoms with Crippen molar-refractivity contribution in [3.05, 3.63) is 0 Å². The maximum absolute atomic E-state index is 10.8. The van der Waals surface area contributed by atoms with Gasteiger partial charge in [-0.15, -0.1) is 0 Å². The SMILES string of the molecule is CCCC(=O)C(O)CNC. The van der Waals surface area contributed by atoms with E-state index in [4.69, 9.17) is 5.11 Å². The normalized spacial score (nSPS) is 13.1. The molecule has 0 aromatic heterocycles. The average Bonchev–Trinajstić information content (AvgIpc) is 1.89. The molecule has 60 valence electrons. The third-order valence-corrected chi connectivity index (χ3v) is 1.27. The van der Waals surface area contributed by atoms with Crippen molar-refractivity contribution in [3.63, 3.8) is 0 Å². The second-order valence-electron chi connectivity index (χ2n) is 2.29. The van der Waals surface area contributed by atoms with Crippen molar-refractivity contribution >= 4 is 5.78 Å². The lowest BCUT2D eigenvalue weighted by Crippen LogP contribution is -2.30. The Bertz CT molecular complexity index is 104. The van der Waals surface area contributed by atoms with Gasteiger partial charge in [-0.1, -0.05) is 6.92 Å². The molecule has 0 aromatic carbocycles. The van der Waals surface area contributed by atoms with Crippen LogP contribution in [-0.2, 0) is 4.79 Å². The van der Waals surface area contributed by atoms with Crippen LogP contribution in [-0.4, -0.2) is 30.6 Å². The van der Waals surface area contributed by atoms with E-state index in [2.05, 4.69) is 5.32 Å². The number of Topliss-reactive ketones (excluding diaryl/α,β-unsaturated/α-hetero) is 1. The Morgan fingerprint density at radius 3 is 2.70 bits per heavy atom. The largest absolute Gasteiger partial charge is 0.384 e. The maximum atomic E-state index is 10.8. The summed E-state index contributed by atoms with van der Waals surface area (Å²) in [4.78, 5) is 10.8. The van der Waals surface area contributed by atoms with E-state index in [0.717, 1.165) is 6.42 Å². The van der Waals surface area contributed by atoms with Gasteiger partial charge in [0.15, 0.2) is 5.78 Å². The maximum Gasteiger partial charge on any atom is 0.162 e. The number of rotatable bonds is 5. The van der Waals surface area contributed by atoms with Crippen molar-refractivity contribution in [2.24, 2.45) is 0 Å². The average molecular weight is 145 g/mol. The van der Waals surface area contributed by atoms with Gasteiger partial charge in [0.1, 0.15) is 6.10 Å². The molecule has 0 aliphatic rings. The van der Waals surface area contributed by atoms with Gasteiger partial charge in [0.05, 0.1) is 0 Å². The Labute approximate surface area is 61.4 Å². The number of ketones is 1. The van der Waals surface area contributed by atoms with Gasteiger partial charge < -0.3 is 10.4 Å². The molecule has 0 heterocycles. The summed E-state index contributed by atoms with van der Waals surface area (Å²) in [7, 11) is 1.71. The van der Waals surface area contributed by atoms with Crippen LogP contribution in [0, 0.1) is 0 Å². The molecule has 0 aromatic rings. The minimum absolute atomic E-state index is 0.0724. The molecular weight excluding hydrogens is 130 g/mol. The Hall–Kier alpha value is -0.410. The van der Waals surface area contributed by atoms with Gasteiger partial charge in [-0.3, -0.25) is 4.79 Å². The fourth-order valence-corrected chi connectivity index (χ4v) is 0.720. The van der Waals surface area contributed by atoms with E-state index in [1.165, 1.54) is 0 Å². The van der Waals surface area contributed by atoms with E-state index in [-0.39, 0.29) is 5.78 Å². The highest BCUT2D eigenvalue weighted by atomic mass is 16.3. The van der Waals surface area contributed by atoms with Gasteiger partial charge in [-0.2, -0.15) is 0 Å². The lowest BCUT2D eigenvalue weighted by molar-refractivity contribution is -0.126. The van der Waals surface area contributed by atoms with Crippen LogP contribution in [0.15, 0.2) is 0 Å². The molecule has 0 fully saturated rings. The van der Waals surface area contributed by atoms with Gasteiger partial charge in [0.2, 0.25) is 0 Å². The number of likely N-dealkylation sites (N-methyl/N-ethyl adjacent to an activating group) is 1. The molecule has 0 rings (SSSR count). The van der Waals surface area contributed by atoms with Crippen molar-refractivity contribution < 1.29 is 9.90 Å². The summed E-state index contributed by atoms with van der Waals surface area (Å²) >= 11 is 0. The molecule has 0 aliphatic carbocycles. The molecule has 2 N–H and O–H groups in total. The first-order chi connectivity index (χ1) is 4.72. The summed E-state index contributed by atoms with van der Waals surface area (Å²) in [6, 6.07) is 0. The summed E-state index contributed by atoms with van der Waals surface area (Å²) in [5, 5.41) is 11.8. The summed E-state index contributed by atoms with van der Waals surface area (Å²) in [6.45, 7) is 2.28. The van der Waals surface area contributed by atoms with Crippen LogP contribution in [0.2, 0.25) is 0 Å². The summed E-state index contributed by atoms with van der Waals surface area (Å²) in [6.07, 6.45) is 0.465. The first kappa shape index (κ1) is 9.59. The predicted octanol–water partition coefficient (Wildman–Crippen LogP) is -0.0641. The zero-order valence-corrected chi connectivity index (χ0v) is 6.55. The molecule has 3 heteroatoms. The van der Waals surface area contributed by atoms with Gasteiger partial charge in [0.25, 0.3) is 0 Å². The van der Waals surface area contributed by atoms with Gasteiger partial charge in [-0.05, 0) is 13.5 Å². The minimum atomic E-state index is -0.815. The fraction of sp³-hybridized carbons (Fsp3) is 0.857. The fourth-order valence-electron chi connectivity index (χ4n) is 0.720. The van der Waals surface area contributed by atoms with Crippen LogP contribution in [0.1, 0.15) is 19.8 Å². The number of carbonyl (C=O) groups excluding carboxylic acids is 1. The highest BCUT2D eigenvalue weighted by Gasteiger charge is 2.11. The van der Waals surface area contributed by atoms with Gasteiger partial charge >= 0.3 is 0 Å². The predicted molar refractivity (Wildman–Crippen MR) is 39.8 cm³/mol. The van der Waals surface area contributed by atoms with E-state index < -0.39 is 6.10 Å². The first-order valence-electron chi connectivity index (χ1n) is 3.57. The van der Waals surface area contributed by atoms with Crippen molar-refractivity contribution in [1.82, 2.24) is 5.32 Å². The second kappa shape index (κ2) is 5.38. The summed E-state index contributed by atoms with van der Waals surface area (Å²) < 4.78 is 0. The standard InChI is InChI=1S/C7H15NO2/c1-3-4-6(9)7(10)5-8-2/h7-8,10H,3-5H2,1-2H3. The zero-order valence-electron chi connectivity index (χ0n) is 6.55. The topological polar surface area (TPSA) is 49.3 Å². The van der Waals surface area contributed by atoms with E-state index in [0.29, 0.717) is 13.0 Å². The van der Waals surface area contributed by atoms with Crippen molar-refractivity contribution in [2.45, 2.75) is 25.9 Å². The molecule has 0 amide bonds. The summed E-state index contributed by atoms with van der Waals surface area (Å²) in [5.74, 6) is -0.0724. The van der Waals surface area contributed by atoms with E-state index in [9.17, 15) is 4.79 Å². The Morgan fingerprint density at radius 1 is 1.70 bits per heavy atom. The van der Waals surface area contributed by atoms with Crippen molar-refractivity contribution in [1.29, 1.82) is 0 Å². The number of hydrogen-bond acceptors (Lipinski definition) is 3. The minimum Gasteiger partial charge on any atom is -0.384 e. The lowest BCUT2D eigenvalue weighted by atomic mass is 10.1. The molecule has 3 nitrogen and oxygen atoms in total. The monoisotopic (exact) mass is 145 g/mol. The number of aliphatic hydroxyl groups excluding tert-OH is 1. The van der Waals surface area contributed by atoms with Crippen LogP contribution in [0.25, 0.3) is 0 Å². The molecule has 0 aliphatic heterocycles. The molecule has 1 unspecified atom stereocenters. The zero-order chi connectivity index (χ0) is 7.98. The smallest absolute Gasteiger partial charge is 0.162 e. The molecule has 0 saturated heterocycles. The number of aliphatic hydroxyl groups is 1. The summed E-state index contributed by atoms with van der Waals surface area (Å²) in [5.41, 5.74) is 0. The van der Waals surface area contributed by atoms with Gasteiger partial charge in [-0.25, -0.2) is 0 Å². The number of nitrogens with one attached hydrogen (secondary N) is 1. The van der Waals surface area contributed by atoms with Crippen LogP contribution in [0.5, 0.6) is 0 Å². The third-order valence-electron chi connectivity index (χ3n) is 1.27. The highest BCUT2D eigenvalue weighted by Crippen LogP contribution is 1.93. The Kier molecular flexibility index (Phi) is 5.16. The first-order valence-corrected chi connectivity index (χ1v) is 3.57. The molecule has 0 saturated carbocycles.